The van der Waals surface area contributed by atoms with Gasteiger partial charge in [-0.1, -0.05) is 6.08 Å². The summed E-state index contributed by atoms with van der Waals surface area (Å²) in [6.07, 6.45) is 6.52. The van der Waals surface area contributed by atoms with Gasteiger partial charge in [-0.25, -0.2) is 0 Å². The third-order valence-corrected chi connectivity index (χ3v) is 2.32. The van der Waals surface area contributed by atoms with Crippen LogP contribution < -0.4 is 0 Å². The number of rotatable bonds is 4. The Kier molecular flexibility index (Phi) is 4.33. The van der Waals surface area contributed by atoms with Gasteiger partial charge in [0.05, 0.1) is 6.10 Å². The van der Waals surface area contributed by atoms with Crippen molar-refractivity contribution in [1.29, 1.82) is 0 Å². The molecule has 0 aromatic rings. The van der Waals surface area contributed by atoms with Gasteiger partial charge in [-0.2, -0.15) is 0 Å². The van der Waals surface area contributed by atoms with E-state index in [0.717, 1.165) is 13.1 Å². The van der Waals surface area contributed by atoms with E-state index in [1.165, 1.54) is 5.70 Å². The van der Waals surface area contributed by atoms with Crippen LogP contribution in [0, 0.1) is 0 Å². The zero-order valence-corrected chi connectivity index (χ0v) is 8.92. The van der Waals surface area contributed by atoms with E-state index in [4.69, 9.17) is 16.3 Å². The lowest BCUT2D eigenvalue weighted by Gasteiger charge is -2.40. The van der Waals surface area contributed by atoms with Gasteiger partial charge in [0.2, 0.25) is 0 Å². The Morgan fingerprint density at radius 2 is 2.31 bits per heavy atom. The minimum atomic E-state index is 0.393. The monoisotopic (exact) mass is 201 g/mol. The maximum Gasteiger partial charge on any atom is 0.0920 e. The fourth-order valence-electron chi connectivity index (χ4n) is 1.35. The summed E-state index contributed by atoms with van der Waals surface area (Å²) in [5.74, 6) is 0.563. The Morgan fingerprint density at radius 3 is 2.77 bits per heavy atom. The molecule has 1 aliphatic heterocycles. The number of hydrogen-bond donors (Lipinski definition) is 0. The highest BCUT2D eigenvalue weighted by Gasteiger charge is 2.26. The van der Waals surface area contributed by atoms with Crippen molar-refractivity contribution in [3.05, 3.63) is 23.9 Å². The molecule has 0 spiro atoms. The fraction of sp³-hybridized carbons (Fsp3) is 0.600. The second kappa shape index (κ2) is 5.30. The molecule has 3 heteroatoms. The normalized spacial score (nSPS) is 19.6. The molecule has 1 aliphatic rings. The molecule has 0 aromatic heterocycles. The van der Waals surface area contributed by atoms with Crippen LogP contribution in [-0.4, -0.2) is 37.1 Å². The van der Waals surface area contributed by atoms with E-state index in [1.807, 2.05) is 19.1 Å². The second-order valence-corrected chi connectivity index (χ2v) is 3.35. The molecule has 0 aliphatic carbocycles. The van der Waals surface area contributed by atoms with Gasteiger partial charge < -0.3 is 9.64 Å². The third kappa shape index (κ3) is 2.75. The number of hydrogen-bond acceptors (Lipinski definition) is 2. The summed E-state index contributed by atoms with van der Waals surface area (Å²) in [5.41, 5.74) is 1.20. The first kappa shape index (κ1) is 10.6. The van der Waals surface area contributed by atoms with Crippen LogP contribution >= 0.6 is 11.6 Å². The van der Waals surface area contributed by atoms with E-state index < -0.39 is 0 Å². The zero-order chi connectivity index (χ0) is 9.68. The number of ether oxygens (including phenoxy) is 1. The molecule has 74 valence electrons. The molecule has 1 heterocycles. The quantitative estimate of drug-likeness (QED) is 0.510. The lowest BCUT2D eigenvalue weighted by Crippen LogP contribution is -2.50. The van der Waals surface area contributed by atoms with Crippen LogP contribution in [0.4, 0.5) is 0 Å². The predicted octanol–water partition coefficient (Wildman–Crippen LogP) is 2.02. The van der Waals surface area contributed by atoms with Gasteiger partial charge in [0, 0.05) is 31.8 Å². The van der Waals surface area contributed by atoms with Crippen molar-refractivity contribution in [2.45, 2.75) is 13.0 Å². The molecule has 13 heavy (non-hydrogen) atoms. The van der Waals surface area contributed by atoms with Crippen molar-refractivity contribution in [2.24, 2.45) is 0 Å². The molecule has 0 radical (unpaired) electrons. The number of halogens is 1. The third-order valence-electron chi connectivity index (χ3n) is 2.17. The highest BCUT2D eigenvalue weighted by atomic mass is 35.5. The minimum Gasteiger partial charge on any atom is -0.378 e. The topological polar surface area (TPSA) is 12.5 Å². The molecule has 0 unspecified atom stereocenters. The fourth-order valence-corrected chi connectivity index (χ4v) is 1.51. The zero-order valence-electron chi connectivity index (χ0n) is 8.16. The van der Waals surface area contributed by atoms with Gasteiger partial charge in [-0.3, -0.25) is 0 Å². The molecule has 0 N–H and O–H groups in total. The number of methoxy groups -OCH3 is 1. The average molecular weight is 202 g/mol. The second-order valence-electron chi connectivity index (χ2n) is 3.05. The molecule has 1 rings (SSSR count). The maximum absolute atomic E-state index is 5.66. The van der Waals surface area contributed by atoms with Gasteiger partial charge in [0.25, 0.3) is 0 Å². The predicted molar refractivity (Wildman–Crippen MR) is 56.0 cm³/mol. The van der Waals surface area contributed by atoms with E-state index in [9.17, 15) is 0 Å². The first-order valence-electron chi connectivity index (χ1n) is 4.48. The Hall–Kier alpha value is -0.470. The Bertz CT molecular complexity index is 207. The molecule has 2 nitrogen and oxygen atoms in total. The van der Waals surface area contributed by atoms with Crippen LogP contribution in [0.25, 0.3) is 0 Å². The highest BCUT2D eigenvalue weighted by molar-refractivity contribution is 6.18. The van der Waals surface area contributed by atoms with E-state index in [0.29, 0.717) is 12.0 Å². The van der Waals surface area contributed by atoms with Crippen LogP contribution in [0.15, 0.2) is 23.9 Å². The smallest absolute Gasteiger partial charge is 0.0920 e. The molecule has 0 amide bonds. The Labute approximate surface area is 84.8 Å². The van der Waals surface area contributed by atoms with E-state index in [1.54, 1.807) is 7.11 Å². The van der Waals surface area contributed by atoms with E-state index in [-0.39, 0.29) is 0 Å². The van der Waals surface area contributed by atoms with Crippen LogP contribution in [0.3, 0.4) is 0 Å². The summed E-state index contributed by atoms with van der Waals surface area (Å²) in [4.78, 5) is 2.26. The number of nitrogens with zero attached hydrogens (tertiary/aromatic N) is 1. The van der Waals surface area contributed by atoms with Crippen LogP contribution in [0.1, 0.15) is 6.92 Å². The van der Waals surface area contributed by atoms with Gasteiger partial charge in [-0.05, 0) is 19.1 Å². The van der Waals surface area contributed by atoms with Crippen molar-refractivity contribution < 1.29 is 4.74 Å². The van der Waals surface area contributed by atoms with Gasteiger partial charge in [0.1, 0.15) is 0 Å². The molecule has 0 saturated carbocycles. The standard InChI is InChI=1S/C10H16ClNO/c1-3-4-9(5-6-11)12-7-10(8-12)13-2/h3-5,10H,6-8H2,1-2H3/b4-3-,9-5+. The van der Waals surface area contributed by atoms with Gasteiger partial charge in [0.15, 0.2) is 0 Å². The van der Waals surface area contributed by atoms with Crippen molar-refractivity contribution in [3.63, 3.8) is 0 Å². The maximum atomic E-state index is 5.66. The van der Waals surface area contributed by atoms with Crippen molar-refractivity contribution >= 4 is 11.6 Å². The van der Waals surface area contributed by atoms with Crippen molar-refractivity contribution in [2.75, 3.05) is 26.1 Å². The number of likely N-dealkylation sites (tertiary alicyclic amines) is 1. The summed E-state index contributed by atoms with van der Waals surface area (Å²) in [5, 5.41) is 0. The van der Waals surface area contributed by atoms with E-state index >= 15 is 0 Å². The first-order valence-corrected chi connectivity index (χ1v) is 5.01. The SMILES string of the molecule is C/C=C\C(=C/CCl)N1CC(OC)C1. The summed E-state index contributed by atoms with van der Waals surface area (Å²) in [7, 11) is 1.75. The first-order chi connectivity index (χ1) is 6.31. The summed E-state index contributed by atoms with van der Waals surface area (Å²) in [6, 6.07) is 0. The summed E-state index contributed by atoms with van der Waals surface area (Å²) < 4.78 is 5.20. The largest absolute Gasteiger partial charge is 0.378 e. The van der Waals surface area contributed by atoms with E-state index in [2.05, 4.69) is 11.0 Å². The van der Waals surface area contributed by atoms with Crippen LogP contribution in [0.5, 0.6) is 0 Å². The van der Waals surface area contributed by atoms with Crippen LogP contribution in [0.2, 0.25) is 0 Å². The van der Waals surface area contributed by atoms with Gasteiger partial charge >= 0.3 is 0 Å². The van der Waals surface area contributed by atoms with Crippen molar-refractivity contribution in [3.8, 4) is 0 Å². The summed E-state index contributed by atoms with van der Waals surface area (Å²) >= 11 is 5.66. The molecule has 1 fully saturated rings. The molecule has 0 bridgehead atoms. The summed E-state index contributed by atoms with van der Waals surface area (Å²) in [6.45, 7) is 3.96. The minimum absolute atomic E-state index is 0.393. The van der Waals surface area contributed by atoms with Crippen molar-refractivity contribution in [1.82, 2.24) is 4.90 Å². The Morgan fingerprint density at radius 1 is 1.62 bits per heavy atom. The average Bonchev–Trinajstić information content (AvgIpc) is 2.03. The molecular formula is C10H16ClNO. The molecule has 0 atom stereocenters. The molecule has 0 aromatic carbocycles. The lowest BCUT2D eigenvalue weighted by molar-refractivity contribution is -0.00949. The Balaban J connectivity index is 2.45. The van der Waals surface area contributed by atoms with Gasteiger partial charge in [-0.15, -0.1) is 11.6 Å². The van der Waals surface area contributed by atoms with Crippen LogP contribution in [-0.2, 0) is 4.74 Å². The molecule has 1 saturated heterocycles. The number of allylic oxidation sites excluding steroid dienone is 3. The molecular weight excluding hydrogens is 186 g/mol. The lowest BCUT2D eigenvalue weighted by atomic mass is 10.1. The highest BCUT2D eigenvalue weighted by Crippen LogP contribution is 2.18. The number of alkyl halides is 1.